The molecule has 0 aliphatic carbocycles. The van der Waals surface area contributed by atoms with E-state index in [1.54, 1.807) is 0 Å². The number of hydrogen-bond acceptors (Lipinski definition) is 4. The predicted molar refractivity (Wildman–Crippen MR) is 80.0 cm³/mol. The van der Waals surface area contributed by atoms with Crippen molar-refractivity contribution in [3.8, 4) is 0 Å². The summed E-state index contributed by atoms with van der Waals surface area (Å²) in [6, 6.07) is 2.26. The lowest BCUT2D eigenvalue weighted by Crippen LogP contribution is -2.15. The van der Waals surface area contributed by atoms with Crippen LogP contribution in [0, 0.1) is 6.92 Å². The second-order valence-corrected chi connectivity index (χ2v) is 5.30. The molecule has 0 bridgehead atoms. The molecule has 0 spiro atoms. The number of aromatic nitrogens is 1. The minimum atomic E-state index is -0.0933. The average molecular weight is 276 g/mol. The molecule has 1 aromatic rings. The molecule has 20 heavy (non-hydrogen) atoms. The third-order valence-electron chi connectivity index (χ3n) is 3.66. The van der Waals surface area contributed by atoms with E-state index >= 15 is 0 Å². The zero-order valence-electron chi connectivity index (χ0n) is 12.5. The van der Waals surface area contributed by atoms with Crippen molar-refractivity contribution in [2.45, 2.75) is 52.4 Å². The zero-order chi connectivity index (χ0) is 14.4. The van der Waals surface area contributed by atoms with Crippen LogP contribution in [0.5, 0.6) is 0 Å². The Hall–Kier alpha value is -1.58. The van der Waals surface area contributed by atoms with Gasteiger partial charge in [-0.25, -0.2) is 4.98 Å². The van der Waals surface area contributed by atoms with Crippen LogP contribution in [0.3, 0.4) is 0 Å². The highest BCUT2D eigenvalue weighted by Gasteiger charge is 2.12. The SMILES string of the molecule is CCOC(=O)CCCCc1nc2c(cc1C)CCCN2. The molecule has 0 atom stereocenters. The number of carbonyl (C=O) groups excluding carboxylic acids is 1. The Balaban J connectivity index is 1.85. The normalized spacial score (nSPS) is 13.5. The van der Waals surface area contributed by atoms with Crippen molar-refractivity contribution in [1.82, 2.24) is 4.98 Å². The molecule has 0 unspecified atom stereocenters. The highest BCUT2D eigenvalue weighted by atomic mass is 16.5. The second kappa shape index (κ2) is 7.27. The van der Waals surface area contributed by atoms with Crippen molar-refractivity contribution in [3.05, 3.63) is 22.9 Å². The van der Waals surface area contributed by atoms with Crippen LogP contribution < -0.4 is 5.32 Å². The fraction of sp³-hybridized carbons (Fsp3) is 0.625. The van der Waals surface area contributed by atoms with Gasteiger partial charge in [-0.15, -0.1) is 0 Å². The predicted octanol–water partition coefficient (Wildman–Crippen LogP) is 3.02. The van der Waals surface area contributed by atoms with Crippen molar-refractivity contribution in [3.63, 3.8) is 0 Å². The first-order valence-electron chi connectivity index (χ1n) is 7.59. The Morgan fingerprint density at radius 3 is 3.10 bits per heavy atom. The van der Waals surface area contributed by atoms with Crippen molar-refractivity contribution in [2.75, 3.05) is 18.5 Å². The van der Waals surface area contributed by atoms with Crippen LogP contribution in [0.2, 0.25) is 0 Å². The summed E-state index contributed by atoms with van der Waals surface area (Å²) in [6.45, 7) is 5.45. The fourth-order valence-corrected chi connectivity index (χ4v) is 2.59. The van der Waals surface area contributed by atoms with E-state index in [-0.39, 0.29) is 5.97 Å². The third-order valence-corrected chi connectivity index (χ3v) is 3.66. The molecule has 2 heterocycles. The number of carbonyl (C=O) groups is 1. The van der Waals surface area contributed by atoms with Gasteiger partial charge in [-0.3, -0.25) is 4.79 Å². The lowest BCUT2D eigenvalue weighted by atomic mass is 10.0. The second-order valence-electron chi connectivity index (χ2n) is 5.30. The van der Waals surface area contributed by atoms with E-state index in [4.69, 9.17) is 9.72 Å². The molecule has 1 aromatic heterocycles. The Labute approximate surface area is 120 Å². The quantitative estimate of drug-likeness (QED) is 0.641. The molecule has 0 radical (unpaired) electrons. The molecule has 0 saturated heterocycles. The standard InChI is InChI=1S/C16H24N2O2/c1-3-20-15(19)9-5-4-8-14-12(2)11-13-7-6-10-17-16(13)18-14/h11H,3-10H2,1-2H3,(H,17,18). The van der Waals surface area contributed by atoms with Crippen molar-refractivity contribution >= 4 is 11.8 Å². The number of nitrogens with one attached hydrogen (secondary N) is 1. The largest absolute Gasteiger partial charge is 0.466 e. The maximum atomic E-state index is 11.3. The van der Waals surface area contributed by atoms with Crippen LogP contribution in [0.4, 0.5) is 5.82 Å². The molecule has 1 N–H and O–H groups in total. The van der Waals surface area contributed by atoms with E-state index < -0.39 is 0 Å². The number of nitrogens with zero attached hydrogens (tertiary/aromatic N) is 1. The highest BCUT2D eigenvalue weighted by Crippen LogP contribution is 2.23. The maximum absolute atomic E-state index is 11.3. The lowest BCUT2D eigenvalue weighted by molar-refractivity contribution is -0.143. The third kappa shape index (κ3) is 3.95. The van der Waals surface area contributed by atoms with Gasteiger partial charge in [0.15, 0.2) is 0 Å². The van der Waals surface area contributed by atoms with Crippen LogP contribution in [-0.2, 0) is 22.4 Å². The summed E-state index contributed by atoms with van der Waals surface area (Å²) in [4.78, 5) is 16.0. The fourth-order valence-electron chi connectivity index (χ4n) is 2.59. The summed E-state index contributed by atoms with van der Waals surface area (Å²) in [5.74, 6) is 0.964. The van der Waals surface area contributed by atoms with Gasteiger partial charge in [0.25, 0.3) is 0 Å². The van der Waals surface area contributed by atoms with Crippen LogP contribution in [0.1, 0.15) is 49.4 Å². The minimum Gasteiger partial charge on any atom is -0.466 e. The monoisotopic (exact) mass is 276 g/mol. The zero-order valence-corrected chi connectivity index (χ0v) is 12.5. The molecular weight excluding hydrogens is 252 g/mol. The van der Waals surface area contributed by atoms with E-state index in [1.165, 1.54) is 17.5 Å². The van der Waals surface area contributed by atoms with Crippen LogP contribution in [0.15, 0.2) is 6.07 Å². The van der Waals surface area contributed by atoms with Crippen LogP contribution in [-0.4, -0.2) is 24.1 Å². The minimum absolute atomic E-state index is 0.0933. The number of rotatable bonds is 6. The topological polar surface area (TPSA) is 51.2 Å². The number of fused-ring (bicyclic) bond motifs is 1. The number of esters is 1. The number of aryl methyl sites for hydroxylation is 3. The van der Waals surface area contributed by atoms with Crippen LogP contribution in [0.25, 0.3) is 0 Å². The molecule has 2 rings (SSSR count). The Morgan fingerprint density at radius 1 is 1.45 bits per heavy atom. The molecule has 1 aliphatic heterocycles. The molecule has 1 aliphatic rings. The summed E-state index contributed by atoms with van der Waals surface area (Å²) in [5, 5.41) is 3.37. The lowest BCUT2D eigenvalue weighted by Gasteiger charge is -2.19. The highest BCUT2D eigenvalue weighted by molar-refractivity contribution is 5.69. The molecule has 0 fully saturated rings. The molecule has 4 heteroatoms. The summed E-state index contributed by atoms with van der Waals surface area (Å²) in [5.41, 5.74) is 3.76. The van der Waals surface area contributed by atoms with Crippen molar-refractivity contribution in [2.24, 2.45) is 0 Å². The maximum Gasteiger partial charge on any atom is 0.305 e. The van der Waals surface area contributed by atoms with Gasteiger partial charge in [-0.2, -0.15) is 0 Å². The number of pyridine rings is 1. The number of unbranched alkanes of at least 4 members (excludes halogenated alkanes) is 1. The van der Waals surface area contributed by atoms with Crippen molar-refractivity contribution < 1.29 is 9.53 Å². The summed E-state index contributed by atoms with van der Waals surface area (Å²) in [6.07, 6.45) is 5.60. The average Bonchev–Trinajstić information content (AvgIpc) is 2.44. The molecular formula is C16H24N2O2. The van der Waals surface area contributed by atoms with Gasteiger partial charge in [0.1, 0.15) is 5.82 Å². The number of hydrogen-bond donors (Lipinski definition) is 1. The van der Waals surface area contributed by atoms with Gasteiger partial charge in [0, 0.05) is 18.7 Å². The molecule has 0 amide bonds. The van der Waals surface area contributed by atoms with Crippen LogP contribution >= 0.6 is 0 Å². The summed E-state index contributed by atoms with van der Waals surface area (Å²) >= 11 is 0. The Morgan fingerprint density at radius 2 is 2.30 bits per heavy atom. The first-order valence-corrected chi connectivity index (χ1v) is 7.59. The van der Waals surface area contributed by atoms with E-state index in [1.807, 2.05) is 6.92 Å². The Kier molecular flexibility index (Phi) is 5.39. The van der Waals surface area contributed by atoms with Gasteiger partial charge in [0.05, 0.1) is 6.61 Å². The van der Waals surface area contributed by atoms with Crippen molar-refractivity contribution in [1.29, 1.82) is 0 Å². The summed E-state index contributed by atoms with van der Waals surface area (Å²) in [7, 11) is 0. The van der Waals surface area contributed by atoms with Gasteiger partial charge in [-0.1, -0.05) is 6.07 Å². The number of ether oxygens (including phenoxy) is 1. The van der Waals surface area contributed by atoms with E-state index in [9.17, 15) is 4.79 Å². The van der Waals surface area contributed by atoms with Gasteiger partial charge in [0.2, 0.25) is 0 Å². The van der Waals surface area contributed by atoms with Gasteiger partial charge >= 0.3 is 5.97 Å². The first kappa shape index (κ1) is 14.8. The molecule has 0 saturated carbocycles. The van der Waals surface area contributed by atoms with Gasteiger partial charge in [-0.05, 0) is 57.1 Å². The number of anilines is 1. The van der Waals surface area contributed by atoms with Gasteiger partial charge < -0.3 is 10.1 Å². The molecule has 0 aromatic carbocycles. The molecule has 110 valence electrons. The Bertz CT molecular complexity index is 472. The van der Waals surface area contributed by atoms with E-state index in [0.29, 0.717) is 13.0 Å². The summed E-state index contributed by atoms with van der Waals surface area (Å²) < 4.78 is 4.93. The van der Waals surface area contributed by atoms with E-state index in [0.717, 1.165) is 43.7 Å². The van der Waals surface area contributed by atoms with E-state index in [2.05, 4.69) is 18.3 Å². The smallest absolute Gasteiger partial charge is 0.305 e. The first-order chi connectivity index (χ1) is 9.70. The molecule has 4 nitrogen and oxygen atoms in total.